The van der Waals surface area contributed by atoms with Gasteiger partial charge in [-0.05, 0) is 12.8 Å². The molecule has 1 saturated heterocycles. The number of aromatic nitrogens is 1. The van der Waals surface area contributed by atoms with E-state index in [0.29, 0.717) is 32.1 Å². The van der Waals surface area contributed by atoms with E-state index in [1.165, 1.54) is 16.2 Å². The molecule has 3 rings (SSSR count). The lowest BCUT2D eigenvalue weighted by atomic mass is 10.2. The molecule has 5 nitrogen and oxygen atoms in total. The molecule has 2 heterocycles. The van der Waals surface area contributed by atoms with E-state index in [4.69, 9.17) is 0 Å². The summed E-state index contributed by atoms with van der Waals surface area (Å²) in [6.07, 6.45) is -2.21. The lowest BCUT2D eigenvalue weighted by Gasteiger charge is -2.35. The number of alkyl halides is 3. The molecule has 2 fully saturated rings. The molecule has 25 heavy (non-hydrogen) atoms. The zero-order chi connectivity index (χ0) is 16.4. The average Bonchev–Trinajstić information content (AvgIpc) is 3.24. The number of rotatable bonds is 5. The lowest BCUT2D eigenvalue weighted by Crippen LogP contribution is -2.57. The number of hydrogen-bond acceptors (Lipinski definition) is 5. The van der Waals surface area contributed by atoms with Crippen molar-refractivity contribution in [2.45, 2.75) is 31.0 Å². The van der Waals surface area contributed by atoms with Gasteiger partial charge in [0.2, 0.25) is 0 Å². The van der Waals surface area contributed by atoms with Crippen LogP contribution in [0.1, 0.15) is 34.3 Å². The summed E-state index contributed by atoms with van der Waals surface area (Å²) in [5.41, 5.74) is 0.220. The van der Waals surface area contributed by atoms with E-state index in [1.807, 2.05) is 0 Å². The number of piperazine rings is 1. The summed E-state index contributed by atoms with van der Waals surface area (Å²) in [6, 6.07) is -1.66. The van der Waals surface area contributed by atoms with Crippen molar-refractivity contribution in [1.82, 2.24) is 20.5 Å². The van der Waals surface area contributed by atoms with E-state index in [-0.39, 0.29) is 30.5 Å². The molecule has 1 aromatic heterocycles. The van der Waals surface area contributed by atoms with Crippen molar-refractivity contribution >= 4 is 42.1 Å². The monoisotopic (exact) mass is 420 g/mol. The van der Waals surface area contributed by atoms with Gasteiger partial charge >= 0.3 is 6.18 Å². The molecule has 1 aliphatic carbocycles. The largest absolute Gasteiger partial charge is 0.405 e. The van der Waals surface area contributed by atoms with Gasteiger partial charge in [0.1, 0.15) is 11.7 Å². The number of nitrogens with zero attached hydrogens (tertiary/aromatic N) is 2. The van der Waals surface area contributed by atoms with Crippen LogP contribution < -0.4 is 10.6 Å². The number of thiazole rings is 1. The molecule has 0 aromatic carbocycles. The maximum absolute atomic E-state index is 13.2. The number of carbonyl (C=O) groups is 1. The molecule has 1 amide bonds. The molecule has 144 valence electrons. The Morgan fingerprint density at radius 3 is 2.56 bits per heavy atom. The fourth-order valence-electron chi connectivity index (χ4n) is 2.64. The third kappa shape index (κ3) is 5.96. The van der Waals surface area contributed by atoms with E-state index in [1.54, 1.807) is 5.38 Å². The molecule has 1 atom stereocenters. The van der Waals surface area contributed by atoms with Gasteiger partial charge in [0, 0.05) is 44.0 Å². The van der Waals surface area contributed by atoms with Crippen LogP contribution >= 0.6 is 36.2 Å². The lowest BCUT2D eigenvalue weighted by molar-refractivity contribution is -0.183. The van der Waals surface area contributed by atoms with Crippen LogP contribution in [0, 0.1) is 0 Å². The topological polar surface area (TPSA) is 57.3 Å². The Balaban J connectivity index is 0.00000156. The number of amides is 1. The summed E-state index contributed by atoms with van der Waals surface area (Å²) in [4.78, 5) is 17.6. The van der Waals surface area contributed by atoms with Crippen LogP contribution in [0.5, 0.6) is 0 Å². The second kappa shape index (κ2) is 9.36. The minimum atomic E-state index is -4.37. The molecule has 2 aliphatic rings. The molecule has 11 heteroatoms. The van der Waals surface area contributed by atoms with Crippen molar-refractivity contribution in [2.75, 3.05) is 32.7 Å². The van der Waals surface area contributed by atoms with E-state index in [0.717, 1.165) is 17.8 Å². The first kappa shape index (κ1) is 22.4. The second-order valence-electron chi connectivity index (χ2n) is 5.90. The minimum absolute atomic E-state index is 0. The Kier molecular flexibility index (Phi) is 8.40. The minimum Gasteiger partial charge on any atom is -0.349 e. The fraction of sp³-hybridized carbons (Fsp3) is 0.714. The SMILES string of the molecule is Cl.Cl.O=C(NCC(N1CCNCC1)C(F)(F)F)c1csc(C2CC2)n1. The smallest absolute Gasteiger partial charge is 0.349 e. The number of carbonyl (C=O) groups excluding carboxylic acids is 1. The summed E-state index contributed by atoms with van der Waals surface area (Å²) < 4.78 is 39.7. The van der Waals surface area contributed by atoms with Gasteiger partial charge in [-0.15, -0.1) is 36.2 Å². The van der Waals surface area contributed by atoms with Crippen molar-refractivity contribution in [1.29, 1.82) is 0 Å². The first-order chi connectivity index (χ1) is 10.9. The summed E-state index contributed by atoms with van der Waals surface area (Å²) in [6.45, 7) is 1.25. The maximum Gasteiger partial charge on any atom is 0.405 e. The zero-order valence-corrected chi connectivity index (χ0v) is 15.8. The average molecular weight is 421 g/mol. The normalized spacial score (nSPS) is 19.5. The Bertz CT molecular complexity index is 563. The highest BCUT2D eigenvalue weighted by Crippen LogP contribution is 2.41. The molecular weight excluding hydrogens is 400 g/mol. The highest BCUT2D eigenvalue weighted by Gasteiger charge is 2.44. The van der Waals surface area contributed by atoms with Crippen molar-refractivity contribution in [3.63, 3.8) is 0 Å². The van der Waals surface area contributed by atoms with Gasteiger partial charge in [-0.3, -0.25) is 9.69 Å². The molecule has 1 aliphatic heterocycles. The van der Waals surface area contributed by atoms with Crippen molar-refractivity contribution < 1.29 is 18.0 Å². The number of nitrogens with one attached hydrogen (secondary N) is 2. The van der Waals surface area contributed by atoms with Crippen LogP contribution in [0.25, 0.3) is 0 Å². The molecular formula is C14H21Cl2F3N4OS. The van der Waals surface area contributed by atoms with Crippen LogP contribution in [0.2, 0.25) is 0 Å². The third-order valence-electron chi connectivity index (χ3n) is 4.11. The van der Waals surface area contributed by atoms with Gasteiger partial charge in [0.25, 0.3) is 5.91 Å². The first-order valence-corrected chi connectivity index (χ1v) is 8.58. The summed E-state index contributed by atoms with van der Waals surface area (Å²) in [5.74, 6) is -0.0946. The van der Waals surface area contributed by atoms with Crippen LogP contribution in [0.4, 0.5) is 13.2 Å². The van der Waals surface area contributed by atoms with Crippen molar-refractivity contribution in [2.24, 2.45) is 0 Å². The van der Waals surface area contributed by atoms with Gasteiger partial charge in [-0.25, -0.2) is 4.98 Å². The second-order valence-corrected chi connectivity index (χ2v) is 6.79. The van der Waals surface area contributed by atoms with Crippen molar-refractivity contribution in [3.05, 3.63) is 16.1 Å². The summed E-state index contributed by atoms with van der Waals surface area (Å²) in [7, 11) is 0. The summed E-state index contributed by atoms with van der Waals surface area (Å²) >= 11 is 1.40. The maximum atomic E-state index is 13.2. The van der Waals surface area contributed by atoms with Crippen LogP contribution in [-0.4, -0.2) is 60.7 Å². The van der Waals surface area contributed by atoms with Gasteiger partial charge in [0.15, 0.2) is 0 Å². The van der Waals surface area contributed by atoms with Crippen LogP contribution in [0.15, 0.2) is 5.38 Å². The molecule has 1 unspecified atom stereocenters. The molecule has 0 spiro atoms. The van der Waals surface area contributed by atoms with Gasteiger partial charge in [0.05, 0.1) is 5.01 Å². The van der Waals surface area contributed by atoms with Crippen LogP contribution in [0.3, 0.4) is 0 Å². The fourth-order valence-corrected chi connectivity index (χ4v) is 3.61. The highest BCUT2D eigenvalue weighted by molar-refractivity contribution is 7.10. The molecule has 0 bridgehead atoms. The molecule has 2 N–H and O–H groups in total. The van der Waals surface area contributed by atoms with Crippen molar-refractivity contribution in [3.8, 4) is 0 Å². The van der Waals surface area contributed by atoms with E-state index < -0.39 is 24.7 Å². The van der Waals surface area contributed by atoms with Gasteiger partial charge < -0.3 is 10.6 Å². The Morgan fingerprint density at radius 1 is 1.36 bits per heavy atom. The predicted molar refractivity (Wildman–Crippen MR) is 95.2 cm³/mol. The Hall–Kier alpha value is -0.610. The first-order valence-electron chi connectivity index (χ1n) is 7.70. The van der Waals surface area contributed by atoms with E-state index in [9.17, 15) is 18.0 Å². The summed E-state index contributed by atoms with van der Waals surface area (Å²) in [5, 5.41) is 7.95. The Morgan fingerprint density at radius 2 is 2.00 bits per heavy atom. The van der Waals surface area contributed by atoms with Crippen LogP contribution in [-0.2, 0) is 0 Å². The number of hydrogen-bond donors (Lipinski definition) is 2. The zero-order valence-electron chi connectivity index (χ0n) is 13.3. The van der Waals surface area contributed by atoms with E-state index in [2.05, 4.69) is 15.6 Å². The van der Waals surface area contributed by atoms with E-state index >= 15 is 0 Å². The standard InChI is InChI=1S/C14H19F3N4OS.2ClH/c15-14(16,17)11(21-5-3-18-4-6-21)7-19-12(22)10-8-23-13(20-10)9-1-2-9;;/h8-9,11,18H,1-7H2,(H,19,22);2*1H. The van der Waals surface area contributed by atoms with Gasteiger partial charge in [-0.1, -0.05) is 0 Å². The predicted octanol–water partition coefficient (Wildman–Crippen LogP) is 2.43. The molecule has 1 saturated carbocycles. The number of halogens is 5. The van der Waals surface area contributed by atoms with Gasteiger partial charge in [-0.2, -0.15) is 13.2 Å². The molecule has 1 aromatic rings. The quantitative estimate of drug-likeness (QED) is 0.767. The highest BCUT2D eigenvalue weighted by atomic mass is 35.5. The molecule has 0 radical (unpaired) electrons. The Labute approximate surface area is 160 Å². The third-order valence-corrected chi connectivity index (χ3v) is 5.11.